The summed E-state index contributed by atoms with van der Waals surface area (Å²) >= 11 is 0. The van der Waals surface area contributed by atoms with Gasteiger partial charge >= 0.3 is 0 Å². The summed E-state index contributed by atoms with van der Waals surface area (Å²) in [5.41, 5.74) is 1.04. The van der Waals surface area contributed by atoms with Crippen molar-refractivity contribution >= 4 is 0 Å². The normalized spacial score (nSPS) is 13.2. The van der Waals surface area contributed by atoms with Crippen LogP contribution in [0.5, 0.6) is 11.5 Å². The van der Waals surface area contributed by atoms with Crippen molar-refractivity contribution in [2.24, 2.45) is 0 Å². The van der Waals surface area contributed by atoms with E-state index in [0.29, 0.717) is 13.2 Å². The molecule has 0 unspecified atom stereocenters. The van der Waals surface area contributed by atoms with Gasteiger partial charge in [-0.3, -0.25) is 0 Å². The predicted molar refractivity (Wildman–Crippen MR) is 97.1 cm³/mol. The first kappa shape index (κ1) is 20.7. The SMILES string of the molecule is COc1ccc(OC[C@H](O)C[NH2+]CCC[NH+](C)C)c(C(C)(C)C)c1. The van der Waals surface area contributed by atoms with E-state index in [9.17, 15) is 5.11 Å². The van der Waals surface area contributed by atoms with Gasteiger partial charge in [-0.15, -0.1) is 0 Å². The van der Waals surface area contributed by atoms with E-state index < -0.39 is 6.10 Å². The number of quaternary nitrogens is 2. The van der Waals surface area contributed by atoms with Crippen molar-refractivity contribution in [3.63, 3.8) is 0 Å². The van der Waals surface area contributed by atoms with Gasteiger partial charge in [-0.25, -0.2) is 0 Å². The van der Waals surface area contributed by atoms with Gasteiger partial charge in [0.25, 0.3) is 0 Å². The Kier molecular flexibility index (Phi) is 8.53. The van der Waals surface area contributed by atoms with Crippen LogP contribution in [0.15, 0.2) is 18.2 Å². The highest BCUT2D eigenvalue weighted by Gasteiger charge is 2.20. The Balaban J connectivity index is 2.49. The van der Waals surface area contributed by atoms with Crippen molar-refractivity contribution in [1.82, 2.24) is 0 Å². The molecule has 1 atom stereocenters. The largest absolute Gasteiger partial charge is 0.497 e. The van der Waals surface area contributed by atoms with Crippen LogP contribution in [0.1, 0.15) is 32.8 Å². The van der Waals surface area contributed by atoms with E-state index >= 15 is 0 Å². The van der Waals surface area contributed by atoms with Crippen LogP contribution >= 0.6 is 0 Å². The summed E-state index contributed by atoms with van der Waals surface area (Å²) in [4.78, 5) is 1.46. The third-order valence-corrected chi connectivity index (χ3v) is 3.95. The second-order valence-electron chi connectivity index (χ2n) is 7.70. The summed E-state index contributed by atoms with van der Waals surface area (Å²) in [7, 11) is 5.98. The lowest BCUT2D eigenvalue weighted by Crippen LogP contribution is -3.06. The van der Waals surface area contributed by atoms with Gasteiger partial charge in [0.1, 0.15) is 30.8 Å². The minimum Gasteiger partial charge on any atom is -0.497 e. The number of rotatable bonds is 10. The predicted octanol–water partition coefficient (Wildman–Crippen LogP) is -0.170. The Morgan fingerprint density at radius 1 is 1.25 bits per heavy atom. The van der Waals surface area contributed by atoms with Crippen molar-refractivity contribution in [3.8, 4) is 11.5 Å². The van der Waals surface area contributed by atoms with Gasteiger partial charge in [-0.05, 0) is 23.6 Å². The summed E-state index contributed by atoms with van der Waals surface area (Å²) in [6.07, 6.45) is 0.689. The van der Waals surface area contributed by atoms with Crippen molar-refractivity contribution < 1.29 is 24.8 Å². The molecule has 24 heavy (non-hydrogen) atoms. The van der Waals surface area contributed by atoms with Crippen LogP contribution in [0.25, 0.3) is 0 Å². The molecule has 138 valence electrons. The fourth-order valence-electron chi connectivity index (χ4n) is 2.51. The van der Waals surface area contributed by atoms with E-state index in [2.05, 4.69) is 40.2 Å². The zero-order chi connectivity index (χ0) is 18.2. The number of benzene rings is 1. The van der Waals surface area contributed by atoms with Crippen LogP contribution in [-0.2, 0) is 5.41 Å². The van der Waals surface area contributed by atoms with E-state index in [1.165, 1.54) is 4.90 Å². The van der Waals surface area contributed by atoms with Crippen molar-refractivity contribution in [3.05, 3.63) is 23.8 Å². The van der Waals surface area contributed by atoms with Gasteiger partial charge in [-0.2, -0.15) is 0 Å². The molecular formula is C19H36N2O3+2. The summed E-state index contributed by atoms with van der Waals surface area (Å²) in [5, 5.41) is 12.3. The Morgan fingerprint density at radius 3 is 2.54 bits per heavy atom. The first-order chi connectivity index (χ1) is 11.2. The number of nitrogens with two attached hydrogens (primary N) is 1. The minimum absolute atomic E-state index is 0.0462. The van der Waals surface area contributed by atoms with E-state index in [-0.39, 0.29) is 5.41 Å². The molecule has 0 spiro atoms. The van der Waals surface area contributed by atoms with Crippen LogP contribution in [0.4, 0.5) is 0 Å². The highest BCUT2D eigenvalue weighted by Crippen LogP contribution is 2.34. The monoisotopic (exact) mass is 340 g/mol. The van der Waals surface area contributed by atoms with Crippen LogP contribution in [0, 0.1) is 0 Å². The molecule has 1 aromatic rings. The Morgan fingerprint density at radius 2 is 1.96 bits per heavy atom. The zero-order valence-electron chi connectivity index (χ0n) is 16.2. The maximum Gasteiger partial charge on any atom is 0.137 e. The fraction of sp³-hybridized carbons (Fsp3) is 0.684. The van der Waals surface area contributed by atoms with Crippen LogP contribution in [-0.4, -0.2) is 58.7 Å². The topological polar surface area (TPSA) is 59.7 Å². The van der Waals surface area contributed by atoms with Crippen molar-refractivity contribution in [2.45, 2.75) is 38.7 Å². The maximum absolute atomic E-state index is 10.1. The van der Waals surface area contributed by atoms with Gasteiger partial charge in [0.15, 0.2) is 0 Å². The van der Waals surface area contributed by atoms with Crippen LogP contribution in [0.3, 0.4) is 0 Å². The van der Waals surface area contributed by atoms with Gasteiger partial charge in [0.05, 0.1) is 34.3 Å². The maximum atomic E-state index is 10.1. The van der Waals surface area contributed by atoms with Crippen LogP contribution < -0.4 is 19.7 Å². The molecule has 0 amide bonds. The average Bonchev–Trinajstić information content (AvgIpc) is 2.51. The number of hydrogen-bond acceptors (Lipinski definition) is 3. The third-order valence-electron chi connectivity index (χ3n) is 3.95. The van der Waals surface area contributed by atoms with Gasteiger partial charge in [0, 0.05) is 12.0 Å². The smallest absolute Gasteiger partial charge is 0.137 e. The molecule has 1 rings (SSSR count). The summed E-state index contributed by atoms with van der Waals surface area (Å²) in [6, 6.07) is 5.83. The van der Waals surface area contributed by atoms with Crippen molar-refractivity contribution in [2.75, 3.05) is 47.4 Å². The first-order valence-electron chi connectivity index (χ1n) is 8.84. The van der Waals surface area contributed by atoms with Crippen molar-refractivity contribution in [1.29, 1.82) is 0 Å². The highest BCUT2D eigenvalue weighted by molar-refractivity contribution is 5.44. The summed E-state index contributed by atoms with van der Waals surface area (Å²) < 4.78 is 11.2. The molecule has 5 heteroatoms. The molecule has 0 aliphatic rings. The van der Waals surface area contributed by atoms with Crippen LogP contribution in [0.2, 0.25) is 0 Å². The molecule has 0 aromatic heterocycles. The number of aliphatic hydroxyl groups is 1. The van der Waals surface area contributed by atoms with E-state index in [1.807, 2.05) is 18.2 Å². The van der Waals surface area contributed by atoms with Gasteiger partial charge in [-0.1, -0.05) is 20.8 Å². The molecule has 5 nitrogen and oxygen atoms in total. The Bertz CT molecular complexity index is 484. The average molecular weight is 341 g/mol. The summed E-state index contributed by atoms with van der Waals surface area (Å²) in [5.74, 6) is 1.64. The van der Waals surface area contributed by atoms with Gasteiger partial charge < -0.3 is 24.8 Å². The van der Waals surface area contributed by atoms with E-state index in [4.69, 9.17) is 9.47 Å². The molecule has 4 N–H and O–H groups in total. The third kappa shape index (κ3) is 7.51. The lowest BCUT2D eigenvalue weighted by Gasteiger charge is -2.24. The van der Waals surface area contributed by atoms with E-state index in [0.717, 1.165) is 36.6 Å². The number of nitrogens with one attached hydrogen (secondary N) is 1. The molecule has 0 fully saturated rings. The Labute approximate surface area is 147 Å². The lowest BCUT2D eigenvalue weighted by atomic mass is 9.86. The molecule has 0 aliphatic carbocycles. The molecule has 1 aromatic carbocycles. The molecule has 0 saturated carbocycles. The number of aliphatic hydroxyl groups excluding tert-OH is 1. The first-order valence-corrected chi connectivity index (χ1v) is 8.84. The molecule has 0 saturated heterocycles. The quantitative estimate of drug-likeness (QED) is 0.519. The fourth-order valence-corrected chi connectivity index (χ4v) is 2.51. The molecule has 0 heterocycles. The number of methoxy groups -OCH3 is 1. The standard InChI is InChI=1S/C19H34N2O3/c1-19(2,3)17-12-16(23-6)8-9-18(17)24-14-15(22)13-20-10-7-11-21(4)5/h8-9,12,15,20,22H,7,10-11,13-14H2,1-6H3/p+2/t15-/m1/s1. The summed E-state index contributed by atoms with van der Waals surface area (Å²) in [6.45, 7) is 9.61. The molecule has 0 radical (unpaired) electrons. The second kappa shape index (κ2) is 9.87. The molecular weight excluding hydrogens is 304 g/mol. The second-order valence-corrected chi connectivity index (χ2v) is 7.70. The molecule has 0 bridgehead atoms. The van der Waals surface area contributed by atoms with Gasteiger partial charge in [0.2, 0.25) is 0 Å². The Hall–Kier alpha value is -1.30. The number of hydrogen-bond donors (Lipinski definition) is 3. The van der Waals surface area contributed by atoms with E-state index in [1.54, 1.807) is 7.11 Å². The lowest BCUT2D eigenvalue weighted by molar-refractivity contribution is -0.860. The highest BCUT2D eigenvalue weighted by atomic mass is 16.5. The zero-order valence-corrected chi connectivity index (χ0v) is 16.2. The number of ether oxygens (including phenoxy) is 2. The molecule has 0 aliphatic heterocycles. The minimum atomic E-state index is -0.466.